The summed E-state index contributed by atoms with van der Waals surface area (Å²) in [6.45, 7) is 12.9. The second-order valence-electron chi connectivity index (χ2n) is 9.63. The highest BCUT2D eigenvalue weighted by molar-refractivity contribution is 9.11. The number of hydrogen-bond donors (Lipinski definition) is 2. The highest BCUT2D eigenvalue weighted by Gasteiger charge is 2.23. The average Bonchev–Trinajstić information content (AvgIpc) is 2.74. The first kappa shape index (κ1) is 27.4. The fourth-order valence-corrected chi connectivity index (χ4v) is 5.75. The molecule has 0 radical (unpaired) electrons. The van der Waals surface area contributed by atoms with Gasteiger partial charge in [-0.2, -0.15) is 0 Å². The molecule has 3 rings (SSSR count). The van der Waals surface area contributed by atoms with Crippen LogP contribution in [0.1, 0.15) is 73.0 Å². The monoisotopic (exact) mass is 601 g/mol. The molecule has 3 aromatic rings. The zero-order chi connectivity index (χ0) is 25.9. The van der Waals surface area contributed by atoms with Crippen molar-refractivity contribution in [3.05, 3.63) is 90.9 Å². The summed E-state index contributed by atoms with van der Waals surface area (Å²) >= 11 is 7.20. The fraction of sp³-hybridized carbons (Fsp3) is 0.345. The van der Waals surface area contributed by atoms with Crippen LogP contribution in [0.5, 0.6) is 11.5 Å². The Kier molecular flexibility index (Phi) is 9.19. The summed E-state index contributed by atoms with van der Waals surface area (Å²) in [5, 5.41) is 12.9. The molecule has 0 aliphatic rings. The van der Waals surface area contributed by atoms with E-state index < -0.39 is 5.97 Å². The normalized spacial score (nSPS) is 12.3. The molecule has 2 N–H and O–H groups in total. The zero-order valence-corrected chi connectivity index (χ0v) is 24.2. The summed E-state index contributed by atoms with van der Waals surface area (Å²) in [6, 6.07) is 16.7. The van der Waals surface area contributed by atoms with Gasteiger partial charge in [-0.05, 0) is 106 Å². The molecule has 3 aromatic carbocycles. The third-order valence-corrected chi connectivity index (χ3v) is 7.01. The maximum Gasteiger partial charge on any atom is 0.307 e. The van der Waals surface area contributed by atoms with Crippen molar-refractivity contribution >= 4 is 37.8 Å². The Labute approximate surface area is 225 Å². The second kappa shape index (κ2) is 11.7. The van der Waals surface area contributed by atoms with Crippen LogP contribution in [0, 0.1) is 13.8 Å². The van der Waals surface area contributed by atoms with Crippen LogP contribution in [0.25, 0.3) is 0 Å². The summed E-state index contributed by atoms with van der Waals surface area (Å²) in [6.07, 6.45) is -0.0570. The van der Waals surface area contributed by atoms with E-state index in [2.05, 4.69) is 115 Å². The van der Waals surface area contributed by atoms with Crippen LogP contribution in [0.3, 0.4) is 0 Å². The van der Waals surface area contributed by atoms with Crippen LogP contribution in [0.4, 0.5) is 0 Å². The summed E-state index contributed by atoms with van der Waals surface area (Å²) in [5.41, 5.74) is 6.58. The Morgan fingerprint density at radius 3 is 2.17 bits per heavy atom. The molecule has 0 aliphatic heterocycles. The number of halogens is 2. The van der Waals surface area contributed by atoms with Crippen molar-refractivity contribution in [1.82, 2.24) is 5.32 Å². The summed E-state index contributed by atoms with van der Waals surface area (Å²) in [7, 11) is 0. The van der Waals surface area contributed by atoms with E-state index in [1.165, 1.54) is 22.3 Å². The minimum Gasteiger partial charge on any atom is -0.481 e. The second-order valence-corrected chi connectivity index (χ2v) is 11.3. The first-order valence-electron chi connectivity index (χ1n) is 11.8. The molecule has 1 atom stereocenters. The molecule has 0 aliphatic carbocycles. The number of aryl methyl sites for hydroxylation is 2. The van der Waals surface area contributed by atoms with Crippen LogP contribution < -0.4 is 10.1 Å². The Bertz CT molecular complexity index is 1200. The van der Waals surface area contributed by atoms with Gasteiger partial charge in [0.05, 0.1) is 21.4 Å². The lowest BCUT2D eigenvalue weighted by Gasteiger charge is -2.27. The van der Waals surface area contributed by atoms with Crippen molar-refractivity contribution in [2.75, 3.05) is 0 Å². The Balaban J connectivity index is 2.18. The molecule has 6 heteroatoms. The van der Waals surface area contributed by atoms with Crippen molar-refractivity contribution in [2.24, 2.45) is 0 Å². The number of aliphatic carboxylic acids is 1. The van der Waals surface area contributed by atoms with Crippen LogP contribution >= 0.6 is 31.9 Å². The smallest absolute Gasteiger partial charge is 0.307 e. The number of carboxylic acids is 1. The number of carbonyl (C=O) groups is 1. The van der Waals surface area contributed by atoms with E-state index in [1.54, 1.807) is 12.1 Å². The van der Waals surface area contributed by atoms with Gasteiger partial charge in [0.15, 0.2) is 5.75 Å². The predicted octanol–water partition coefficient (Wildman–Crippen LogP) is 8.46. The third-order valence-electron chi connectivity index (χ3n) is 5.83. The molecule has 4 nitrogen and oxygen atoms in total. The minimum atomic E-state index is -0.874. The number of hydrogen-bond acceptors (Lipinski definition) is 3. The molecule has 0 fully saturated rings. The van der Waals surface area contributed by atoms with Gasteiger partial charge in [0.25, 0.3) is 0 Å². The van der Waals surface area contributed by atoms with E-state index in [-0.39, 0.29) is 18.5 Å². The first-order chi connectivity index (χ1) is 16.5. The highest BCUT2D eigenvalue weighted by atomic mass is 79.9. The molecule has 186 valence electrons. The highest BCUT2D eigenvalue weighted by Crippen LogP contribution is 2.42. The first-order valence-corrected chi connectivity index (χ1v) is 13.4. The van der Waals surface area contributed by atoms with Gasteiger partial charge in [0.2, 0.25) is 0 Å². The van der Waals surface area contributed by atoms with Gasteiger partial charge >= 0.3 is 5.97 Å². The molecular formula is C29H33Br2NO3. The Hall–Kier alpha value is -2.15. The quantitative estimate of drug-likeness (QED) is 0.258. The van der Waals surface area contributed by atoms with Gasteiger partial charge < -0.3 is 15.2 Å². The lowest BCUT2D eigenvalue weighted by Crippen LogP contribution is -2.29. The summed E-state index contributed by atoms with van der Waals surface area (Å²) < 4.78 is 8.01. The van der Waals surface area contributed by atoms with Gasteiger partial charge in [0.1, 0.15) is 5.75 Å². The van der Waals surface area contributed by atoms with Gasteiger partial charge in [-0.1, -0.05) is 49.7 Å². The van der Waals surface area contributed by atoms with Crippen LogP contribution in [0.15, 0.2) is 57.5 Å². The summed E-state index contributed by atoms with van der Waals surface area (Å²) in [4.78, 5) is 11.2. The minimum absolute atomic E-state index is 0.0570. The maximum atomic E-state index is 11.2. The van der Waals surface area contributed by atoms with E-state index in [0.29, 0.717) is 26.2 Å². The Morgan fingerprint density at radius 2 is 1.63 bits per heavy atom. The molecule has 0 heterocycles. The topological polar surface area (TPSA) is 58.6 Å². The number of rotatable bonds is 9. The molecule has 35 heavy (non-hydrogen) atoms. The average molecular weight is 603 g/mol. The molecular weight excluding hydrogens is 570 g/mol. The van der Waals surface area contributed by atoms with Gasteiger partial charge in [0, 0.05) is 11.6 Å². The van der Waals surface area contributed by atoms with Crippen molar-refractivity contribution < 1.29 is 14.6 Å². The molecule has 0 spiro atoms. The van der Waals surface area contributed by atoms with E-state index in [4.69, 9.17) is 4.74 Å². The summed E-state index contributed by atoms with van der Waals surface area (Å²) in [5.74, 6) is 0.852. The van der Waals surface area contributed by atoms with E-state index >= 15 is 0 Å². The zero-order valence-electron chi connectivity index (χ0n) is 21.1. The van der Waals surface area contributed by atoms with Crippen molar-refractivity contribution in [1.29, 1.82) is 0 Å². The molecule has 0 aromatic heterocycles. The van der Waals surface area contributed by atoms with Gasteiger partial charge in [-0.25, -0.2) is 0 Å². The molecule has 0 bridgehead atoms. The number of nitrogens with one attached hydrogen (secondary N) is 1. The van der Waals surface area contributed by atoms with Crippen LogP contribution in [-0.4, -0.2) is 17.1 Å². The lowest BCUT2D eigenvalue weighted by atomic mass is 9.90. The number of carboxylic acid groups (broad SMARTS) is 1. The van der Waals surface area contributed by atoms with E-state index in [1.807, 2.05) is 0 Å². The van der Waals surface area contributed by atoms with E-state index in [0.717, 1.165) is 11.3 Å². The van der Waals surface area contributed by atoms with Gasteiger partial charge in [-0.15, -0.1) is 0 Å². The largest absolute Gasteiger partial charge is 0.481 e. The molecule has 0 saturated carbocycles. The predicted molar refractivity (Wildman–Crippen MR) is 150 cm³/mol. The molecule has 0 amide bonds. The Morgan fingerprint density at radius 1 is 0.971 bits per heavy atom. The number of ether oxygens (including phenoxy) is 1. The molecule has 0 saturated heterocycles. The molecule has 1 unspecified atom stereocenters. The lowest BCUT2D eigenvalue weighted by molar-refractivity contribution is -0.136. The fourth-order valence-electron chi connectivity index (χ4n) is 4.31. The maximum absolute atomic E-state index is 11.2. The van der Waals surface area contributed by atoms with Gasteiger partial charge in [-0.3, -0.25) is 4.79 Å². The third kappa shape index (κ3) is 6.96. The standard InChI is InChI=1S/C29H33Br2NO3/c1-16(2)22-15-26(35-29-24(30)12-20(13-25(29)31)14-27(33)34)23(11-19(22)6)28(32-17(3)4)21-9-7-8-18(5)10-21/h7-13,15-17,28,32H,14H2,1-6H3,(H,33,34). The SMILES string of the molecule is Cc1cccc(C(NC(C)C)c2cc(C)c(C(C)C)cc2Oc2c(Br)cc(CC(=O)O)cc2Br)c1. The van der Waals surface area contributed by atoms with Crippen LogP contribution in [0.2, 0.25) is 0 Å². The van der Waals surface area contributed by atoms with Crippen molar-refractivity contribution in [2.45, 2.75) is 66.0 Å². The van der Waals surface area contributed by atoms with Crippen molar-refractivity contribution in [3.63, 3.8) is 0 Å². The number of benzene rings is 3. The van der Waals surface area contributed by atoms with Crippen molar-refractivity contribution in [3.8, 4) is 11.5 Å². The van der Waals surface area contributed by atoms with E-state index in [9.17, 15) is 9.90 Å². The van der Waals surface area contributed by atoms with Crippen LogP contribution in [-0.2, 0) is 11.2 Å².